The van der Waals surface area contributed by atoms with Crippen LogP contribution < -0.4 is 0 Å². The molecule has 0 spiro atoms. The van der Waals surface area contributed by atoms with E-state index in [1.54, 1.807) is 23.9 Å². The Morgan fingerprint density at radius 1 is 1.12 bits per heavy atom. The van der Waals surface area contributed by atoms with Crippen LogP contribution in [0.5, 0.6) is 0 Å². The summed E-state index contributed by atoms with van der Waals surface area (Å²) in [4.78, 5) is 21.9. The minimum Gasteiger partial charge on any atom is -0.438 e. The van der Waals surface area contributed by atoms with Gasteiger partial charge in [-0.05, 0) is 86.9 Å². The standard InChI is InChI=1S/C32H44FN3O3S/c1-35(2)30(27-14-16-28(33)17-15-27)26-12-10-25(11-13-26)22-29-32(19-21-40-4,39-31(37)38-3)34-23-36(29)20-18-24-8-6-5-7-9-24/h5-9,14-17,23,25-26,29-30H,10-13,18-22H2,1-4H3. The van der Waals surface area contributed by atoms with Crippen LogP contribution in [-0.4, -0.2) is 73.8 Å². The second kappa shape index (κ2) is 14.4. The van der Waals surface area contributed by atoms with Crippen LogP contribution in [0.3, 0.4) is 0 Å². The van der Waals surface area contributed by atoms with Gasteiger partial charge in [0.15, 0.2) is 0 Å². The summed E-state index contributed by atoms with van der Waals surface area (Å²) in [6.45, 7) is 0.812. The molecular weight excluding hydrogens is 525 g/mol. The minimum atomic E-state index is -0.941. The molecule has 0 amide bonds. The van der Waals surface area contributed by atoms with Gasteiger partial charge in [0.1, 0.15) is 5.82 Å². The van der Waals surface area contributed by atoms with E-state index in [0.717, 1.165) is 50.8 Å². The fourth-order valence-corrected chi connectivity index (χ4v) is 7.05. The van der Waals surface area contributed by atoms with Crippen molar-refractivity contribution in [2.24, 2.45) is 16.8 Å². The topological polar surface area (TPSA) is 54.4 Å². The molecule has 2 aromatic carbocycles. The number of carbonyl (C=O) groups excluding carboxylic acids is 1. The van der Waals surface area contributed by atoms with Gasteiger partial charge in [-0.3, -0.25) is 0 Å². The molecular formula is C32H44FN3O3S. The lowest BCUT2D eigenvalue weighted by atomic mass is 9.73. The van der Waals surface area contributed by atoms with E-state index in [1.807, 2.05) is 24.5 Å². The van der Waals surface area contributed by atoms with Gasteiger partial charge >= 0.3 is 6.16 Å². The molecule has 4 rings (SSSR count). The van der Waals surface area contributed by atoms with Crippen LogP contribution in [0.25, 0.3) is 0 Å². The fourth-order valence-electron chi connectivity index (χ4n) is 6.55. The average Bonchev–Trinajstić information content (AvgIpc) is 3.29. The number of hydrogen-bond acceptors (Lipinski definition) is 7. The fraction of sp³-hybridized carbons (Fsp3) is 0.562. The van der Waals surface area contributed by atoms with E-state index < -0.39 is 11.9 Å². The van der Waals surface area contributed by atoms with Crippen molar-refractivity contribution in [1.82, 2.24) is 9.80 Å². The third-order valence-electron chi connectivity index (χ3n) is 8.60. The number of methoxy groups -OCH3 is 1. The molecule has 0 bridgehead atoms. The molecule has 40 heavy (non-hydrogen) atoms. The average molecular weight is 570 g/mol. The lowest BCUT2D eigenvalue weighted by Gasteiger charge is -2.41. The minimum absolute atomic E-state index is 0.0363. The summed E-state index contributed by atoms with van der Waals surface area (Å²) < 4.78 is 24.5. The van der Waals surface area contributed by atoms with Gasteiger partial charge < -0.3 is 19.3 Å². The van der Waals surface area contributed by atoms with Gasteiger partial charge in [0, 0.05) is 19.0 Å². The van der Waals surface area contributed by atoms with E-state index in [2.05, 4.69) is 54.4 Å². The van der Waals surface area contributed by atoms with Crippen molar-refractivity contribution in [2.75, 3.05) is 39.8 Å². The predicted molar refractivity (Wildman–Crippen MR) is 161 cm³/mol. The zero-order valence-electron chi connectivity index (χ0n) is 24.3. The quantitative estimate of drug-likeness (QED) is 0.262. The van der Waals surface area contributed by atoms with Crippen molar-refractivity contribution in [1.29, 1.82) is 0 Å². The van der Waals surface area contributed by atoms with Crippen LogP contribution in [0.4, 0.5) is 9.18 Å². The number of halogens is 1. The summed E-state index contributed by atoms with van der Waals surface area (Å²) in [5, 5.41) is 0. The molecule has 8 heteroatoms. The Morgan fingerprint density at radius 3 is 2.45 bits per heavy atom. The van der Waals surface area contributed by atoms with Gasteiger partial charge in [-0.2, -0.15) is 11.8 Å². The molecule has 0 radical (unpaired) electrons. The van der Waals surface area contributed by atoms with Crippen molar-refractivity contribution in [2.45, 2.75) is 62.8 Å². The van der Waals surface area contributed by atoms with Gasteiger partial charge in [0.05, 0.1) is 19.5 Å². The van der Waals surface area contributed by atoms with E-state index in [9.17, 15) is 9.18 Å². The molecule has 3 unspecified atom stereocenters. The molecule has 0 aromatic heterocycles. The Morgan fingerprint density at radius 2 is 1.82 bits per heavy atom. The third kappa shape index (κ3) is 7.58. The van der Waals surface area contributed by atoms with Crippen LogP contribution in [0.2, 0.25) is 0 Å². The first kappa shape index (κ1) is 30.4. The monoisotopic (exact) mass is 569 g/mol. The van der Waals surface area contributed by atoms with Crippen LogP contribution in [0.1, 0.15) is 55.7 Å². The number of carbonyl (C=O) groups is 1. The van der Waals surface area contributed by atoms with Crippen LogP contribution in [0, 0.1) is 17.7 Å². The molecule has 2 aromatic rings. The molecule has 2 aliphatic rings. The van der Waals surface area contributed by atoms with Gasteiger partial charge in [-0.25, -0.2) is 14.2 Å². The largest absolute Gasteiger partial charge is 0.510 e. The summed E-state index contributed by atoms with van der Waals surface area (Å²) in [6.07, 6.45) is 10.2. The van der Waals surface area contributed by atoms with Crippen LogP contribution >= 0.6 is 11.8 Å². The second-order valence-electron chi connectivity index (χ2n) is 11.4. The Kier molecular flexibility index (Phi) is 10.9. The van der Waals surface area contributed by atoms with Gasteiger partial charge in [-0.1, -0.05) is 55.3 Å². The SMILES string of the molecule is COC(=O)OC1(CCSC)N=CN(CCc2ccccc2)C1CC1CCC(C(c2ccc(F)cc2)N(C)C)CC1. The molecule has 1 aliphatic heterocycles. The maximum Gasteiger partial charge on any atom is 0.510 e. The molecule has 1 heterocycles. The Labute approximate surface area is 243 Å². The van der Waals surface area contributed by atoms with Crippen molar-refractivity contribution in [3.05, 3.63) is 71.5 Å². The summed E-state index contributed by atoms with van der Waals surface area (Å²) in [6, 6.07) is 17.7. The first-order valence-corrected chi connectivity index (χ1v) is 15.8. The molecule has 6 nitrogen and oxygen atoms in total. The van der Waals surface area contributed by atoms with Gasteiger partial charge in [-0.15, -0.1) is 0 Å². The lowest BCUT2D eigenvalue weighted by molar-refractivity contribution is -0.0587. The van der Waals surface area contributed by atoms with Crippen LogP contribution in [-0.2, 0) is 15.9 Å². The molecule has 218 valence electrons. The van der Waals surface area contributed by atoms with Crippen molar-refractivity contribution >= 4 is 24.3 Å². The molecule has 0 saturated heterocycles. The first-order valence-electron chi connectivity index (χ1n) is 14.4. The Balaban J connectivity index is 1.48. The maximum atomic E-state index is 13.6. The summed E-state index contributed by atoms with van der Waals surface area (Å²) >= 11 is 1.73. The number of thioether (sulfide) groups is 1. The number of benzene rings is 2. The predicted octanol–water partition coefficient (Wildman–Crippen LogP) is 6.81. The highest BCUT2D eigenvalue weighted by Crippen LogP contribution is 2.43. The second-order valence-corrected chi connectivity index (χ2v) is 12.3. The van der Waals surface area contributed by atoms with Gasteiger partial charge in [0.25, 0.3) is 0 Å². The first-order chi connectivity index (χ1) is 19.3. The third-order valence-corrected chi connectivity index (χ3v) is 9.21. The highest BCUT2D eigenvalue weighted by atomic mass is 32.2. The van der Waals surface area contributed by atoms with E-state index in [1.165, 1.54) is 18.2 Å². The molecule has 3 atom stereocenters. The van der Waals surface area contributed by atoms with Crippen molar-refractivity contribution < 1.29 is 18.7 Å². The lowest BCUT2D eigenvalue weighted by Crippen LogP contribution is -2.50. The van der Waals surface area contributed by atoms with E-state index in [0.29, 0.717) is 18.3 Å². The van der Waals surface area contributed by atoms with Crippen molar-refractivity contribution in [3.8, 4) is 0 Å². The number of aliphatic imine (C=N–C) groups is 1. The molecule has 0 N–H and O–H groups in total. The maximum absolute atomic E-state index is 13.6. The molecule has 1 saturated carbocycles. The zero-order chi connectivity index (χ0) is 28.5. The molecule has 1 fully saturated rings. The summed E-state index contributed by atoms with van der Waals surface area (Å²) in [5.74, 6) is 1.66. The number of hydrogen-bond donors (Lipinski definition) is 0. The molecule has 1 aliphatic carbocycles. The summed E-state index contributed by atoms with van der Waals surface area (Å²) in [5.41, 5.74) is 1.51. The number of rotatable bonds is 12. The normalized spacial score (nSPS) is 25.2. The van der Waals surface area contributed by atoms with E-state index >= 15 is 0 Å². The van der Waals surface area contributed by atoms with Crippen molar-refractivity contribution in [3.63, 3.8) is 0 Å². The number of nitrogens with zero attached hydrogens (tertiary/aromatic N) is 3. The van der Waals surface area contributed by atoms with Gasteiger partial charge in [0.2, 0.25) is 5.72 Å². The zero-order valence-corrected chi connectivity index (χ0v) is 25.1. The van der Waals surface area contributed by atoms with E-state index in [-0.39, 0.29) is 17.9 Å². The summed E-state index contributed by atoms with van der Waals surface area (Å²) in [7, 11) is 5.59. The van der Waals surface area contributed by atoms with E-state index in [4.69, 9.17) is 14.5 Å². The Hall–Kier alpha value is -2.58. The highest BCUT2D eigenvalue weighted by Gasteiger charge is 2.49. The van der Waals surface area contributed by atoms with Crippen LogP contribution in [0.15, 0.2) is 59.6 Å². The Bertz CT molecular complexity index is 1090. The highest BCUT2D eigenvalue weighted by molar-refractivity contribution is 7.98. The smallest absolute Gasteiger partial charge is 0.438 e. The number of ether oxygens (including phenoxy) is 2.